The Morgan fingerprint density at radius 1 is 1.39 bits per heavy atom. The van der Waals surface area contributed by atoms with Crippen LogP contribution in [0.2, 0.25) is 0 Å². The van der Waals surface area contributed by atoms with E-state index in [9.17, 15) is 4.39 Å². The highest BCUT2D eigenvalue weighted by molar-refractivity contribution is 14.0. The van der Waals surface area contributed by atoms with Gasteiger partial charge in [-0.1, -0.05) is 13.8 Å². The summed E-state index contributed by atoms with van der Waals surface area (Å²) in [5, 5.41) is 12.1. The normalized spacial score (nSPS) is 18.5. The first kappa shape index (κ1) is 19.7. The minimum Gasteiger partial charge on any atom is -0.352 e. The van der Waals surface area contributed by atoms with Crippen LogP contribution >= 0.6 is 24.0 Å². The van der Waals surface area contributed by atoms with Gasteiger partial charge in [0, 0.05) is 36.7 Å². The first-order chi connectivity index (χ1) is 10.2. The van der Waals surface area contributed by atoms with Gasteiger partial charge in [0.15, 0.2) is 5.96 Å². The van der Waals surface area contributed by atoms with E-state index in [-0.39, 0.29) is 40.7 Å². The molecule has 1 fully saturated rings. The van der Waals surface area contributed by atoms with E-state index in [0.29, 0.717) is 17.7 Å². The van der Waals surface area contributed by atoms with E-state index in [0.717, 1.165) is 12.5 Å². The lowest BCUT2D eigenvalue weighted by Gasteiger charge is -2.62. The second-order valence-electron chi connectivity index (χ2n) is 6.85. The Morgan fingerprint density at radius 3 is 2.52 bits per heavy atom. The van der Waals surface area contributed by atoms with Crippen molar-refractivity contribution in [2.45, 2.75) is 39.8 Å². The Labute approximate surface area is 154 Å². The number of nitrogens with zero attached hydrogens (tertiary/aromatic N) is 3. The molecule has 0 spiro atoms. The van der Waals surface area contributed by atoms with E-state index in [1.807, 2.05) is 6.07 Å². The summed E-state index contributed by atoms with van der Waals surface area (Å²) in [7, 11) is 1.73. The zero-order valence-electron chi connectivity index (χ0n) is 14.3. The van der Waals surface area contributed by atoms with Crippen LogP contribution in [0.1, 0.15) is 38.8 Å². The maximum absolute atomic E-state index is 13.8. The van der Waals surface area contributed by atoms with Crippen molar-refractivity contribution in [3.63, 3.8) is 0 Å². The molecular weight excluding hydrogens is 406 g/mol. The number of hydrogen-bond donors (Lipinski definition) is 1. The van der Waals surface area contributed by atoms with E-state index in [1.54, 1.807) is 13.1 Å². The molecule has 1 aromatic carbocycles. The quantitative estimate of drug-likeness (QED) is 0.444. The number of aliphatic imine (C=N–C) groups is 1. The van der Waals surface area contributed by atoms with E-state index in [4.69, 9.17) is 5.26 Å². The second-order valence-corrected chi connectivity index (χ2v) is 6.85. The van der Waals surface area contributed by atoms with E-state index < -0.39 is 0 Å². The standard InChI is InChI=1S/C17H23FN4.HI/c1-16(2)11-22(17(16,3)4)15(20-5)21-10-13-8-12(9-19)6-7-14(13)18;/h6-8H,10-11H2,1-5H3,(H,20,21);1H. The molecule has 0 radical (unpaired) electrons. The summed E-state index contributed by atoms with van der Waals surface area (Å²) in [4.78, 5) is 6.50. The molecule has 2 rings (SSSR count). The molecule has 4 nitrogen and oxygen atoms in total. The summed E-state index contributed by atoms with van der Waals surface area (Å²) >= 11 is 0. The maximum Gasteiger partial charge on any atom is 0.194 e. The van der Waals surface area contributed by atoms with Gasteiger partial charge in [-0.3, -0.25) is 4.99 Å². The Balaban J connectivity index is 0.00000264. The molecular formula is C17H24FIN4. The first-order valence-electron chi connectivity index (χ1n) is 7.40. The lowest BCUT2D eigenvalue weighted by molar-refractivity contribution is -0.0668. The van der Waals surface area contributed by atoms with Gasteiger partial charge in [-0.2, -0.15) is 5.26 Å². The number of nitrogens with one attached hydrogen (secondary N) is 1. The molecule has 1 N–H and O–H groups in total. The number of benzene rings is 1. The molecule has 0 bridgehead atoms. The lowest BCUT2D eigenvalue weighted by Crippen LogP contribution is -2.72. The molecule has 1 aromatic rings. The van der Waals surface area contributed by atoms with Crippen molar-refractivity contribution < 1.29 is 4.39 Å². The molecule has 126 valence electrons. The molecule has 0 unspecified atom stereocenters. The van der Waals surface area contributed by atoms with Gasteiger partial charge in [-0.15, -0.1) is 24.0 Å². The fourth-order valence-electron chi connectivity index (χ4n) is 2.65. The average Bonchev–Trinajstić information content (AvgIpc) is 2.48. The third kappa shape index (κ3) is 3.60. The van der Waals surface area contributed by atoms with Gasteiger partial charge in [-0.25, -0.2) is 4.39 Å². The van der Waals surface area contributed by atoms with Crippen molar-refractivity contribution in [2.75, 3.05) is 13.6 Å². The van der Waals surface area contributed by atoms with Crippen LogP contribution in [0.3, 0.4) is 0 Å². The Kier molecular flexibility index (Phi) is 6.02. The molecule has 1 aliphatic rings. The Hall–Kier alpha value is -1.36. The first-order valence-corrected chi connectivity index (χ1v) is 7.40. The molecule has 0 aromatic heterocycles. The third-order valence-electron chi connectivity index (χ3n) is 4.96. The predicted octanol–water partition coefficient (Wildman–Crippen LogP) is 3.51. The van der Waals surface area contributed by atoms with Crippen LogP contribution in [0.15, 0.2) is 23.2 Å². The molecule has 6 heteroatoms. The predicted molar refractivity (Wildman–Crippen MR) is 101 cm³/mol. The van der Waals surface area contributed by atoms with Crippen molar-refractivity contribution in [1.82, 2.24) is 10.2 Å². The minimum atomic E-state index is -0.315. The number of rotatable bonds is 2. The highest BCUT2D eigenvalue weighted by atomic mass is 127. The van der Waals surface area contributed by atoms with Crippen LogP contribution < -0.4 is 5.32 Å². The Morgan fingerprint density at radius 2 is 2.04 bits per heavy atom. The van der Waals surface area contributed by atoms with Crippen LogP contribution in [0.5, 0.6) is 0 Å². The summed E-state index contributed by atoms with van der Waals surface area (Å²) in [6, 6.07) is 6.41. The van der Waals surface area contributed by atoms with Gasteiger partial charge in [-0.05, 0) is 32.0 Å². The molecule has 0 aliphatic carbocycles. The monoisotopic (exact) mass is 430 g/mol. The van der Waals surface area contributed by atoms with Crippen molar-refractivity contribution in [3.05, 3.63) is 35.1 Å². The molecule has 0 amide bonds. The number of guanidine groups is 1. The molecule has 1 heterocycles. The van der Waals surface area contributed by atoms with Crippen molar-refractivity contribution in [1.29, 1.82) is 5.26 Å². The summed E-state index contributed by atoms with van der Waals surface area (Å²) in [6.45, 7) is 10.0. The number of likely N-dealkylation sites (tertiary alicyclic amines) is 1. The van der Waals surface area contributed by atoms with E-state index in [2.05, 4.69) is 42.9 Å². The summed E-state index contributed by atoms with van der Waals surface area (Å²) in [5.74, 6) is 0.441. The number of halogens is 2. The van der Waals surface area contributed by atoms with Gasteiger partial charge in [0.25, 0.3) is 0 Å². The van der Waals surface area contributed by atoms with Gasteiger partial charge >= 0.3 is 0 Å². The molecule has 0 atom stereocenters. The van der Waals surface area contributed by atoms with Crippen molar-refractivity contribution >= 4 is 29.9 Å². The van der Waals surface area contributed by atoms with Crippen LogP contribution in [-0.2, 0) is 6.54 Å². The fraction of sp³-hybridized carbons (Fsp3) is 0.529. The fourth-order valence-corrected chi connectivity index (χ4v) is 2.65. The average molecular weight is 430 g/mol. The topological polar surface area (TPSA) is 51.4 Å². The van der Waals surface area contributed by atoms with Crippen LogP contribution in [0.25, 0.3) is 0 Å². The minimum absolute atomic E-state index is 0. The van der Waals surface area contributed by atoms with Crippen LogP contribution in [-0.4, -0.2) is 30.0 Å². The largest absolute Gasteiger partial charge is 0.352 e. The highest BCUT2D eigenvalue weighted by Gasteiger charge is 2.53. The van der Waals surface area contributed by atoms with Gasteiger partial charge in [0.05, 0.1) is 11.6 Å². The molecule has 0 saturated carbocycles. The SMILES string of the molecule is CN=C(NCc1cc(C#N)ccc1F)N1CC(C)(C)C1(C)C.I. The molecule has 1 saturated heterocycles. The summed E-state index contributed by atoms with van der Waals surface area (Å²) in [6.07, 6.45) is 0. The maximum atomic E-state index is 13.8. The second kappa shape index (κ2) is 7.04. The van der Waals surface area contributed by atoms with Gasteiger partial charge in [0.2, 0.25) is 0 Å². The van der Waals surface area contributed by atoms with Crippen molar-refractivity contribution in [2.24, 2.45) is 10.4 Å². The third-order valence-corrected chi connectivity index (χ3v) is 4.96. The summed E-state index contributed by atoms with van der Waals surface area (Å²) in [5.41, 5.74) is 1.12. The zero-order valence-corrected chi connectivity index (χ0v) is 16.6. The van der Waals surface area contributed by atoms with Crippen LogP contribution in [0.4, 0.5) is 4.39 Å². The summed E-state index contributed by atoms with van der Waals surface area (Å²) < 4.78 is 13.8. The number of nitriles is 1. The van der Waals surface area contributed by atoms with Crippen molar-refractivity contribution in [3.8, 4) is 6.07 Å². The Bertz CT molecular complexity index is 646. The molecule has 23 heavy (non-hydrogen) atoms. The van der Waals surface area contributed by atoms with E-state index >= 15 is 0 Å². The van der Waals surface area contributed by atoms with Crippen LogP contribution in [0, 0.1) is 22.6 Å². The smallest absolute Gasteiger partial charge is 0.194 e. The zero-order chi connectivity index (χ0) is 16.5. The molecule has 1 aliphatic heterocycles. The lowest BCUT2D eigenvalue weighted by atomic mass is 9.65. The van der Waals surface area contributed by atoms with E-state index in [1.165, 1.54) is 12.1 Å². The number of hydrogen-bond acceptors (Lipinski definition) is 2. The highest BCUT2D eigenvalue weighted by Crippen LogP contribution is 2.46. The van der Waals surface area contributed by atoms with Gasteiger partial charge < -0.3 is 10.2 Å². The van der Waals surface area contributed by atoms with Gasteiger partial charge in [0.1, 0.15) is 5.82 Å².